The molecule has 0 aromatic heterocycles. The number of aliphatic carboxylic acids is 1. The van der Waals surface area contributed by atoms with Crippen LogP contribution in [-0.4, -0.2) is 22.3 Å². The fourth-order valence-corrected chi connectivity index (χ4v) is 3.05. The van der Waals surface area contributed by atoms with Crippen molar-refractivity contribution >= 4 is 5.97 Å². The first-order chi connectivity index (χ1) is 10.3. The molecule has 0 saturated heterocycles. The van der Waals surface area contributed by atoms with Crippen LogP contribution in [0.4, 0.5) is 0 Å². The number of carbonyl (C=O) groups is 1. The lowest BCUT2D eigenvalue weighted by atomic mass is 9.70. The van der Waals surface area contributed by atoms with Crippen molar-refractivity contribution in [3.63, 3.8) is 0 Å². The third-order valence-electron chi connectivity index (χ3n) is 4.65. The van der Waals surface area contributed by atoms with Gasteiger partial charge in [0.2, 0.25) is 0 Å². The molecule has 3 atom stereocenters. The third kappa shape index (κ3) is 4.70. The first kappa shape index (κ1) is 18.4. The number of carboxylic acids is 1. The number of benzene rings is 1. The molecule has 1 aromatic rings. The third-order valence-corrected chi connectivity index (χ3v) is 4.65. The Labute approximate surface area is 133 Å². The Morgan fingerprint density at radius 3 is 2.36 bits per heavy atom. The molecule has 0 aliphatic heterocycles. The minimum absolute atomic E-state index is 0.123. The van der Waals surface area contributed by atoms with Crippen molar-refractivity contribution in [3.8, 4) is 0 Å². The Hall–Kier alpha value is -1.61. The largest absolute Gasteiger partial charge is 0.481 e. The molecule has 0 fully saturated rings. The summed E-state index contributed by atoms with van der Waals surface area (Å²) in [5.74, 6) is -1.81. The molecule has 0 heterocycles. The van der Waals surface area contributed by atoms with E-state index in [0.29, 0.717) is 12.8 Å². The van der Waals surface area contributed by atoms with Gasteiger partial charge in [0.1, 0.15) is 0 Å². The van der Waals surface area contributed by atoms with Crippen LogP contribution in [0, 0.1) is 17.3 Å². The highest BCUT2D eigenvalue weighted by molar-refractivity contribution is 5.70. The smallest absolute Gasteiger partial charge is 0.309 e. The predicted molar refractivity (Wildman–Crippen MR) is 89.7 cm³/mol. The number of aliphatic hydroxyl groups is 1. The molecular weight excluding hydrogens is 276 g/mol. The van der Waals surface area contributed by atoms with Crippen molar-refractivity contribution in [1.29, 1.82) is 0 Å². The normalized spacial score (nSPS) is 15.8. The van der Waals surface area contributed by atoms with Gasteiger partial charge in [-0.15, -0.1) is 6.58 Å². The first-order valence-corrected chi connectivity index (χ1v) is 7.91. The van der Waals surface area contributed by atoms with E-state index in [4.69, 9.17) is 0 Å². The van der Waals surface area contributed by atoms with Gasteiger partial charge in [-0.1, -0.05) is 63.6 Å². The molecule has 0 aliphatic rings. The molecule has 3 unspecified atom stereocenters. The van der Waals surface area contributed by atoms with E-state index < -0.39 is 18.0 Å². The second-order valence-electron chi connectivity index (χ2n) is 6.50. The second-order valence-corrected chi connectivity index (χ2v) is 6.50. The van der Waals surface area contributed by atoms with Crippen molar-refractivity contribution in [2.24, 2.45) is 17.3 Å². The number of hydrogen-bond donors (Lipinski definition) is 2. The number of aliphatic hydroxyl groups excluding tert-OH is 1. The van der Waals surface area contributed by atoms with Crippen molar-refractivity contribution in [2.45, 2.75) is 46.1 Å². The summed E-state index contributed by atoms with van der Waals surface area (Å²) in [6, 6.07) is 9.79. The number of allylic oxidation sites excluding steroid dienone is 1. The van der Waals surface area contributed by atoms with Crippen molar-refractivity contribution < 1.29 is 15.0 Å². The highest BCUT2D eigenvalue weighted by atomic mass is 16.4. The van der Waals surface area contributed by atoms with E-state index in [0.717, 1.165) is 12.0 Å². The highest BCUT2D eigenvalue weighted by Crippen LogP contribution is 2.36. The molecule has 1 rings (SSSR count). The average Bonchev–Trinajstić information content (AvgIpc) is 2.48. The summed E-state index contributed by atoms with van der Waals surface area (Å²) >= 11 is 0. The van der Waals surface area contributed by atoms with Gasteiger partial charge in [0.05, 0.1) is 12.0 Å². The lowest BCUT2D eigenvalue weighted by Crippen LogP contribution is -2.40. The molecule has 0 radical (unpaired) electrons. The van der Waals surface area contributed by atoms with Crippen molar-refractivity contribution in [1.82, 2.24) is 0 Å². The summed E-state index contributed by atoms with van der Waals surface area (Å²) in [6.07, 6.45) is 2.74. The summed E-state index contributed by atoms with van der Waals surface area (Å²) in [6.45, 7) is 9.79. The van der Waals surface area contributed by atoms with Crippen LogP contribution in [0.15, 0.2) is 43.0 Å². The zero-order valence-corrected chi connectivity index (χ0v) is 13.8. The number of aryl methyl sites for hydroxylation is 1. The van der Waals surface area contributed by atoms with Gasteiger partial charge in [-0.2, -0.15) is 0 Å². The Bertz CT molecular complexity index is 479. The average molecular weight is 304 g/mol. The molecule has 3 heteroatoms. The fourth-order valence-electron chi connectivity index (χ4n) is 3.05. The molecule has 0 aliphatic carbocycles. The van der Waals surface area contributed by atoms with Gasteiger partial charge in [0.15, 0.2) is 0 Å². The van der Waals surface area contributed by atoms with E-state index in [1.54, 1.807) is 6.08 Å². The maximum absolute atomic E-state index is 11.6. The van der Waals surface area contributed by atoms with Gasteiger partial charge < -0.3 is 10.2 Å². The molecule has 1 aromatic carbocycles. The monoisotopic (exact) mass is 304 g/mol. The zero-order valence-electron chi connectivity index (χ0n) is 13.8. The summed E-state index contributed by atoms with van der Waals surface area (Å²) < 4.78 is 0. The van der Waals surface area contributed by atoms with Crippen LogP contribution >= 0.6 is 0 Å². The van der Waals surface area contributed by atoms with Gasteiger partial charge in [0.25, 0.3) is 0 Å². The predicted octanol–water partition coefficient (Wildman–Crippen LogP) is 3.92. The number of carboxylic acid groups (broad SMARTS) is 1. The molecule has 22 heavy (non-hydrogen) atoms. The fraction of sp³-hybridized carbons (Fsp3) is 0.526. The Balaban J connectivity index is 2.85. The van der Waals surface area contributed by atoms with Crippen LogP contribution in [-0.2, 0) is 11.2 Å². The lowest BCUT2D eigenvalue weighted by molar-refractivity contribution is -0.148. The Morgan fingerprint density at radius 2 is 1.91 bits per heavy atom. The second kappa shape index (κ2) is 8.14. The maximum Gasteiger partial charge on any atom is 0.309 e. The van der Waals surface area contributed by atoms with Crippen LogP contribution in [0.1, 0.15) is 39.2 Å². The van der Waals surface area contributed by atoms with Crippen LogP contribution < -0.4 is 0 Å². The SMILES string of the molecule is C=CC(C)(C)C(CC)C(O)C(CCc1ccccc1)C(=O)O. The Kier molecular flexibility index (Phi) is 6.82. The van der Waals surface area contributed by atoms with E-state index in [1.807, 2.05) is 51.1 Å². The van der Waals surface area contributed by atoms with E-state index >= 15 is 0 Å². The van der Waals surface area contributed by atoms with E-state index in [9.17, 15) is 15.0 Å². The van der Waals surface area contributed by atoms with Gasteiger partial charge in [0, 0.05) is 0 Å². The molecule has 0 amide bonds. The minimum atomic E-state index is -0.929. The maximum atomic E-state index is 11.6. The quantitative estimate of drug-likeness (QED) is 0.680. The molecule has 0 saturated carbocycles. The van der Waals surface area contributed by atoms with E-state index in [2.05, 4.69) is 6.58 Å². The van der Waals surface area contributed by atoms with E-state index in [1.165, 1.54) is 0 Å². The van der Waals surface area contributed by atoms with Crippen molar-refractivity contribution in [2.75, 3.05) is 0 Å². The molecule has 122 valence electrons. The summed E-state index contributed by atoms with van der Waals surface area (Å²) in [7, 11) is 0. The van der Waals surface area contributed by atoms with Crippen LogP contribution in [0.5, 0.6) is 0 Å². The molecule has 0 spiro atoms. The number of rotatable bonds is 9. The molecule has 2 N–H and O–H groups in total. The minimum Gasteiger partial charge on any atom is -0.481 e. The lowest BCUT2D eigenvalue weighted by Gasteiger charge is -2.37. The standard InChI is InChI=1S/C19H28O3/c1-5-16(19(3,4)6-2)17(20)15(18(21)22)13-12-14-10-8-7-9-11-14/h6-11,15-17,20H,2,5,12-13H2,1,3-4H3,(H,21,22). The Morgan fingerprint density at radius 1 is 1.32 bits per heavy atom. The molecule has 3 nitrogen and oxygen atoms in total. The van der Waals surface area contributed by atoms with Gasteiger partial charge >= 0.3 is 5.97 Å². The summed E-state index contributed by atoms with van der Waals surface area (Å²) in [5, 5.41) is 20.2. The van der Waals surface area contributed by atoms with Crippen molar-refractivity contribution in [3.05, 3.63) is 48.6 Å². The van der Waals surface area contributed by atoms with Crippen LogP contribution in [0.3, 0.4) is 0 Å². The molecule has 0 bridgehead atoms. The summed E-state index contributed by atoms with van der Waals surface area (Å²) in [4.78, 5) is 11.6. The zero-order chi connectivity index (χ0) is 16.8. The van der Waals surface area contributed by atoms with E-state index in [-0.39, 0.29) is 11.3 Å². The van der Waals surface area contributed by atoms with Gasteiger partial charge in [-0.3, -0.25) is 4.79 Å². The first-order valence-electron chi connectivity index (χ1n) is 7.91. The van der Waals surface area contributed by atoms with Gasteiger partial charge in [-0.25, -0.2) is 0 Å². The number of hydrogen-bond acceptors (Lipinski definition) is 2. The topological polar surface area (TPSA) is 57.5 Å². The van der Waals surface area contributed by atoms with Crippen LogP contribution in [0.2, 0.25) is 0 Å². The summed E-state index contributed by atoms with van der Waals surface area (Å²) in [5.41, 5.74) is 0.797. The highest BCUT2D eigenvalue weighted by Gasteiger charge is 2.38. The molecular formula is C19H28O3. The van der Waals surface area contributed by atoms with Gasteiger partial charge in [-0.05, 0) is 29.7 Å². The van der Waals surface area contributed by atoms with Crippen LogP contribution in [0.25, 0.3) is 0 Å².